The Morgan fingerprint density at radius 1 is 1.14 bits per heavy atom. The molecule has 3 unspecified atom stereocenters. The van der Waals surface area contributed by atoms with Crippen LogP contribution in [0.2, 0.25) is 0 Å². The van der Waals surface area contributed by atoms with Crippen LogP contribution in [-0.2, 0) is 14.2 Å². The lowest BCUT2D eigenvalue weighted by atomic mass is 9.55. The molecule has 0 amide bonds. The van der Waals surface area contributed by atoms with Crippen LogP contribution in [0.5, 0.6) is 5.75 Å². The van der Waals surface area contributed by atoms with E-state index < -0.39 is 0 Å². The Bertz CT molecular complexity index is 736. The average molecular weight is 389 g/mol. The maximum absolute atomic E-state index is 9.75. The van der Waals surface area contributed by atoms with Crippen molar-refractivity contribution in [2.45, 2.75) is 51.0 Å². The number of nitrogens with zero attached hydrogens (tertiary/aromatic N) is 1. The zero-order chi connectivity index (χ0) is 19.7. The normalized spacial score (nSPS) is 35.3. The molecule has 6 nitrogen and oxygen atoms in total. The first kappa shape index (κ1) is 19.7. The van der Waals surface area contributed by atoms with Gasteiger partial charge in [0.2, 0.25) is 0 Å². The van der Waals surface area contributed by atoms with Gasteiger partial charge in [-0.2, -0.15) is 0 Å². The standard InChI is InChI=1S/C22H31NO5/c1-22-9-8-16-15-5-4-14(27-12-25-2)10-18(15)20(23-24)11-17(16)19(22)6-7-21(22)28-13-26-3/h4-5,10,16-17,19,21,24H,6-9,11-13H2,1-3H3/b23-20+/t16?,17?,19?,21-,22-/m0/s1. The molecule has 28 heavy (non-hydrogen) atoms. The second-order valence-corrected chi connectivity index (χ2v) is 8.61. The van der Waals surface area contributed by atoms with Crippen LogP contribution >= 0.6 is 0 Å². The second kappa shape index (κ2) is 8.01. The molecule has 1 aromatic carbocycles. The molecule has 0 bridgehead atoms. The fraction of sp³-hybridized carbons (Fsp3) is 0.682. The molecule has 4 rings (SSSR count). The summed E-state index contributed by atoms with van der Waals surface area (Å²) in [7, 11) is 3.28. The lowest BCUT2D eigenvalue weighted by Gasteiger charge is -2.50. The summed E-state index contributed by atoms with van der Waals surface area (Å²) in [6.07, 6.45) is 5.58. The zero-order valence-electron chi connectivity index (χ0n) is 17.0. The van der Waals surface area contributed by atoms with Gasteiger partial charge in [-0.25, -0.2) is 0 Å². The highest BCUT2D eigenvalue weighted by molar-refractivity contribution is 6.03. The molecular weight excluding hydrogens is 358 g/mol. The van der Waals surface area contributed by atoms with Crippen LogP contribution < -0.4 is 4.74 Å². The van der Waals surface area contributed by atoms with Gasteiger partial charge in [0.05, 0.1) is 11.8 Å². The number of rotatable bonds is 6. The fourth-order valence-electron chi connectivity index (χ4n) is 6.09. The first-order valence-corrected chi connectivity index (χ1v) is 10.2. The molecule has 0 saturated heterocycles. The van der Waals surface area contributed by atoms with E-state index in [1.807, 2.05) is 12.1 Å². The highest BCUT2D eigenvalue weighted by atomic mass is 16.7. The van der Waals surface area contributed by atoms with Crippen molar-refractivity contribution < 1.29 is 24.2 Å². The van der Waals surface area contributed by atoms with Gasteiger partial charge >= 0.3 is 0 Å². The van der Waals surface area contributed by atoms with Gasteiger partial charge in [-0.3, -0.25) is 0 Å². The minimum atomic E-state index is 0.166. The van der Waals surface area contributed by atoms with Crippen LogP contribution in [0.4, 0.5) is 0 Å². The number of ether oxygens (including phenoxy) is 4. The van der Waals surface area contributed by atoms with Gasteiger partial charge in [-0.15, -0.1) is 0 Å². The van der Waals surface area contributed by atoms with Crippen molar-refractivity contribution in [1.29, 1.82) is 0 Å². The molecule has 0 spiro atoms. The third-order valence-corrected chi connectivity index (χ3v) is 7.37. The first-order valence-electron chi connectivity index (χ1n) is 10.2. The lowest BCUT2D eigenvalue weighted by Crippen LogP contribution is -2.45. The topological polar surface area (TPSA) is 69.5 Å². The van der Waals surface area contributed by atoms with Crippen molar-refractivity contribution in [3.05, 3.63) is 29.3 Å². The smallest absolute Gasteiger partial charge is 0.188 e. The van der Waals surface area contributed by atoms with Crippen molar-refractivity contribution in [2.75, 3.05) is 27.8 Å². The summed E-state index contributed by atoms with van der Waals surface area (Å²) in [6, 6.07) is 6.15. The van der Waals surface area contributed by atoms with Crippen LogP contribution in [-0.4, -0.2) is 44.8 Å². The van der Waals surface area contributed by atoms with E-state index in [1.165, 1.54) is 5.56 Å². The van der Waals surface area contributed by atoms with Crippen molar-refractivity contribution in [2.24, 2.45) is 22.4 Å². The van der Waals surface area contributed by atoms with Gasteiger partial charge in [0.25, 0.3) is 0 Å². The number of benzene rings is 1. The van der Waals surface area contributed by atoms with Crippen molar-refractivity contribution in [3.8, 4) is 5.75 Å². The Kier molecular flexibility index (Phi) is 5.63. The third-order valence-electron chi connectivity index (χ3n) is 7.37. The average Bonchev–Trinajstić information content (AvgIpc) is 3.06. The molecule has 1 aromatic rings. The summed E-state index contributed by atoms with van der Waals surface area (Å²) >= 11 is 0. The van der Waals surface area contributed by atoms with Crippen LogP contribution in [0, 0.1) is 17.3 Å². The molecular formula is C22H31NO5. The molecule has 2 fully saturated rings. The van der Waals surface area contributed by atoms with Gasteiger partial charge in [-0.05, 0) is 73.0 Å². The third kappa shape index (κ3) is 3.21. The molecule has 5 atom stereocenters. The molecule has 1 N–H and O–H groups in total. The summed E-state index contributed by atoms with van der Waals surface area (Å²) in [4.78, 5) is 0. The van der Waals surface area contributed by atoms with Gasteiger partial charge in [0, 0.05) is 19.8 Å². The first-order chi connectivity index (χ1) is 13.6. The summed E-state index contributed by atoms with van der Waals surface area (Å²) < 4.78 is 21.8. The minimum Gasteiger partial charge on any atom is -0.468 e. The SMILES string of the molecule is COCOc1ccc2c(c1)/C(=N/O)CC1C2CC[C@@]2(C)C1CC[C@@H]2OCOC. The van der Waals surface area contributed by atoms with E-state index in [4.69, 9.17) is 18.9 Å². The van der Waals surface area contributed by atoms with Crippen molar-refractivity contribution >= 4 is 5.71 Å². The molecule has 0 heterocycles. The van der Waals surface area contributed by atoms with E-state index in [0.29, 0.717) is 24.5 Å². The molecule has 0 aliphatic heterocycles. The van der Waals surface area contributed by atoms with Crippen LogP contribution in [0.15, 0.2) is 23.4 Å². The second-order valence-electron chi connectivity index (χ2n) is 8.61. The van der Waals surface area contributed by atoms with E-state index in [-0.39, 0.29) is 18.3 Å². The van der Waals surface area contributed by atoms with Gasteiger partial charge < -0.3 is 24.2 Å². The van der Waals surface area contributed by atoms with Crippen molar-refractivity contribution in [3.63, 3.8) is 0 Å². The van der Waals surface area contributed by atoms with E-state index in [1.54, 1.807) is 14.2 Å². The quantitative estimate of drug-likeness (QED) is 0.450. The Labute approximate surface area is 166 Å². The molecule has 6 heteroatoms. The molecule has 3 aliphatic carbocycles. The van der Waals surface area contributed by atoms with Crippen LogP contribution in [0.25, 0.3) is 0 Å². The highest BCUT2D eigenvalue weighted by Gasteiger charge is 2.56. The zero-order valence-corrected chi connectivity index (χ0v) is 17.0. The monoisotopic (exact) mass is 389 g/mol. The van der Waals surface area contributed by atoms with E-state index in [2.05, 4.69) is 18.1 Å². The van der Waals surface area contributed by atoms with Gasteiger partial charge in [-0.1, -0.05) is 18.1 Å². The van der Waals surface area contributed by atoms with Crippen LogP contribution in [0.3, 0.4) is 0 Å². The highest BCUT2D eigenvalue weighted by Crippen LogP contribution is 2.61. The van der Waals surface area contributed by atoms with Crippen molar-refractivity contribution in [1.82, 2.24) is 0 Å². The predicted octanol–water partition coefficient (Wildman–Crippen LogP) is 4.15. The van der Waals surface area contributed by atoms with E-state index in [0.717, 1.165) is 49.1 Å². The Balaban J connectivity index is 1.62. The summed E-state index contributed by atoms with van der Waals surface area (Å²) in [6.45, 7) is 2.95. The summed E-state index contributed by atoms with van der Waals surface area (Å²) in [5.74, 6) is 2.30. The summed E-state index contributed by atoms with van der Waals surface area (Å²) in [5, 5.41) is 13.4. The largest absolute Gasteiger partial charge is 0.468 e. The predicted molar refractivity (Wildman–Crippen MR) is 105 cm³/mol. The van der Waals surface area contributed by atoms with Crippen LogP contribution in [0.1, 0.15) is 56.1 Å². The number of methoxy groups -OCH3 is 2. The Hall–Kier alpha value is -1.63. The van der Waals surface area contributed by atoms with E-state index in [9.17, 15) is 5.21 Å². The maximum Gasteiger partial charge on any atom is 0.188 e. The number of oxime groups is 1. The Morgan fingerprint density at radius 3 is 2.71 bits per heavy atom. The Morgan fingerprint density at radius 2 is 1.96 bits per heavy atom. The van der Waals surface area contributed by atoms with Gasteiger partial charge in [0.1, 0.15) is 12.5 Å². The molecule has 154 valence electrons. The maximum atomic E-state index is 9.75. The number of hydrogen-bond donors (Lipinski definition) is 1. The number of hydrogen-bond acceptors (Lipinski definition) is 6. The molecule has 3 aliphatic rings. The fourth-order valence-corrected chi connectivity index (χ4v) is 6.09. The number of fused-ring (bicyclic) bond motifs is 5. The minimum absolute atomic E-state index is 0.166. The lowest BCUT2D eigenvalue weighted by molar-refractivity contribution is -0.124. The molecule has 0 aromatic heterocycles. The summed E-state index contributed by atoms with van der Waals surface area (Å²) in [5.41, 5.74) is 3.24. The molecule has 2 saturated carbocycles. The van der Waals surface area contributed by atoms with Gasteiger partial charge in [0.15, 0.2) is 6.79 Å². The van der Waals surface area contributed by atoms with E-state index >= 15 is 0 Å². The molecule has 0 radical (unpaired) electrons.